The Morgan fingerprint density at radius 3 is 2.33 bits per heavy atom. The Morgan fingerprint density at radius 2 is 1.64 bits per heavy atom. The second kappa shape index (κ2) is 9.03. The van der Waals surface area contributed by atoms with Crippen LogP contribution in [0.25, 0.3) is 0 Å². The maximum atomic E-state index is 13.6. The first-order valence-corrected chi connectivity index (χ1v) is 11.2. The molecule has 0 radical (unpaired) electrons. The number of hydrogen-bond acceptors (Lipinski definition) is 6. The summed E-state index contributed by atoms with van der Waals surface area (Å²) in [5.41, 5.74) is 2.17. The van der Waals surface area contributed by atoms with Crippen molar-refractivity contribution in [3.63, 3.8) is 0 Å². The SMILES string of the molecule is CCCCOc1ccc(N2C(=O)[C@H]3[C@@H](c4ccncc4)N(c4ccccc4)O[C@H]3C2=O)cc1. The van der Waals surface area contributed by atoms with Crippen LogP contribution in [-0.4, -0.2) is 29.5 Å². The lowest BCUT2D eigenvalue weighted by molar-refractivity contribution is -0.126. The van der Waals surface area contributed by atoms with Crippen LogP contribution in [0.15, 0.2) is 79.1 Å². The Hall–Kier alpha value is -3.71. The first-order valence-electron chi connectivity index (χ1n) is 11.2. The van der Waals surface area contributed by atoms with Gasteiger partial charge in [0.15, 0.2) is 6.10 Å². The molecule has 2 amide bonds. The number of nitrogens with zero attached hydrogens (tertiary/aromatic N) is 3. The molecular weight excluding hydrogens is 418 g/mol. The quantitative estimate of drug-likeness (QED) is 0.400. The third-order valence-electron chi connectivity index (χ3n) is 6.04. The fourth-order valence-electron chi connectivity index (χ4n) is 4.39. The summed E-state index contributed by atoms with van der Waals surface area (Å²) in [7, 11) is 0. The number of hydroxylamine groups is 1. The molecule has 0 N–H and O–H groups in total. The molecule has 0 saturated carbocycles. The third kappa shape index (κ3) is 3.85. The zero-order chi connectivity index (χ0) is 22.8. The highest BCUT2D eigenvalue weighted by molar-refractivity contribution is 6.23. The predicted octanol–water partition coefficient (Wildman–Crippen LogP) is 4.31. The van der Waals surface area contributed by atoms with Crippen molar-refractivity contribution in [1.29, 1.82) is 0 Å². The van der Waals surface area contributed by atoms with E-state index in [1.165, 1.54) is 4.90 Å². The molecule has 3 atom stereocenters. The number of ether oxygens (including phenoxy) is 1. The molecule has 0 aliphatic carbocycles. The maximum Gasteiger partial charge on any atom is 0.266 e. The monoisotopic (exact) mass is 443 g/mol. The summed E-state index contributed by atoms with van der Waals surface area (Å²) in [5.74, 6) is -0.583. The second-order valence-corrected chi connectivity index (χ2v) is 8.15. The number of benzene rings is 2. The number of anilines is 2. The van der Waals surface area contributed by atoms with Gasteiger partial charge in [0.1, 0.15) is 11.7 Å². The Morgan fingerprint density at radius 1 is 0.909 bits per heavy atom. The lowest BCUT2D eigenvalue weighted by Crippen LogP contribution is -2.37. The third-order valence-corrected chi connectivity index (χ3v) is 6.04. The smallest absolute Gasteiger partial charge is 0.266 e. The Balaban J connectivity index is 1.45. The van der Waals surface area contributed by atoms with Crippen LogP contribution in [0.3, 0.4) is 0 Å². The molecule has 168 valence electrons. The summed E-state index contributed by atoms with van der Waals surface area (Å²) in [5, 5.41) is 1.68. The van der Waals surface area contributed by atoms with Gasteiger partial charge in [0.2, 0.25) is 5.91 Å². The number of amides is 2. The molecule has 3 aromatic rings. The molecule has 0 unspecified atom stereocenters. The van der Waals surface area contributed by atoms with E-state index in [9.17, 15) is 9.59 Å². The zero-order valence-electron chi connectivity index (χ0n) is 18.3. The van der Waals surface area contributed by atoms with Crippen LogP contribution >= 0.6 is 0 Å². The fraction of sp³-hybridized carbons (Fsp3) is 0.269. The molecule has 7 nitrogen and oxygen atoms in total. The molecule has 2 aliphatic heterocycles. The van der Waals surface area contributed by atoms with Gasteiger partial charge < -0.3 is 4.74 Å². The molecule has 0 bridgehead atoms. The lowest BCUT2D eigenvalue weighted by Gasteiger charge is -2.28. The summed E-state index contributed by atoms with van der Waals surface area (Å²) in [6.45, 7) is 2.74. The van der Waals surface area contributed by atoms with Crippen molar-refractivity contribution < 1.29 is 19.2 Å². The minimum absolute atomic E-state index is 0.273. The Labute approximate surface area is 192 Å². The van der Waals surface area contributed by atoms with Gasteiger partial charge in [0.05, 0.1) is 24.0 Å². The summed E-state index contributed by atoms with van der Waals surface area (Å²) in [6, 6.07) is 19.8. The van der Waals surface area contributed by atoms with Crippen LogP contribution in [0.2, 0.25) is 0 Å². The summed E-state index contributed by atoms with van der Waals surface area (Å²) in [4.78, 5) is 38.4. The van der Waals surface area contributed by atoms with Crippen molar-refractivity contribution in [3.05, 3.63) is 84.7 Å². The average Bonchev–Trinajstić information content (AvgIpc) is 3.37. The molecule has 7 heteroatoms. The van der Waals surface area contributed by atoms with Crippen molar-refractivity contribution >= 4 is 23.2 Å². The highest BCUT2D eigenvalue weighted by atomic mass is 16.7. The number of rotatable bonds is 7. The maximum absolute atomic E-state index is 13.6. The fourth-order valence-corrected chi connectivity index (χ4v) is 4.39. The van der Waals surface area contributed by atoms with Crippen LogP contribution in [0, 0.1) is 5.92 Å². The van der Waals surface area contributed by atoms with E-state index in [-0.39, 0.29) is 11.8 Å². The van der Waals surface area contributed by atoms with Gasteiger partial charge in [-0.05, 0) is 60.5 Å². The first kappa shape index (κ1) is 21.2. The molecule has 33 heavy (non-hydrogen) atoms. The summed E-state index contributed by atoms with van der Waals surface area (Å²) >= 11 is 0. The molecule has 5 rings (SSSR count). The molecule has 3 heterocycles. The number of fused-ring (bicyclic) bond motifs is 1. The van der Waals surface area contributed by atoms with Gasteiger partial charge in [-0.3, -0.25) is 19.4 Å². The zero-order valence-corrected chi connectivity index (χ0v) is 18.3. The molecule has 1 aromatic heterocycles. The van der Waals surface area contributed by atoms with E-state index in [0.717, 1.165) is 24.1 Å². The number of carbonyl (C=O) groups excluding carboxylic acids is 2. The van der Waals surface area contributed by atoms with E-state index in [0.29, 0.717) is 18.0 Å². The van der Waals surface area contributed by atoms with E-state index in [4.69, 9.17) is 9.57 Å². The van der Waals surface area contributed by atoms with Gasteiger partial charge in [-0.2, -0.15) is 0 Å². The number of para-hydroxylation sites is 1. The van der Waals surface area contributed by atoms with E-state index in [1.807, 2.05) is 42.5 Å². The molecule has 2 aromatic carbocycles. The number of carbonyl (C=O) groups is 2. The first-order chi connectivity index (χ1) is 16.2. The molecule has 2 aliphatic rings. The van der Waals surface area contributed by atoms with Gasteiger partial charge in [0.25, 0.3) is 5.91 Å². The van der Waals surface area contributed by atoms with Crippen molar-refractivity contribution in [2.45, 2.75) is 31.9 Å². The van der Waals surface area contributed by atoms with Gasteiger partial charge in [-0.15, -0.1) is 0 Å². The second-order valence-electron chi connectivity index (χ2n) is 8.15. The predicted molar refractivity (Wildman–Crippen MR) is 124 cm³/mol. The number of aromatic nitrogens is 1. The van der Waals surface area contributed by atoms with Gasteiger partial charge in [-0.1, -0.05) is 31.5 Å². The number of imide groups is 1. The van der Waals surface area contributed by atoms with Crippen molar-refractivity contribution in [3.8, 4) is 5.75 Å². The number of hydrogen-bond donors (Lipinski definition) is 0. The highest BCUT2D eigenvalue weighted by Crippen LogP contribution is 2.47. The van der Waals surface area contributed by atoms with Crippen molar-refractivity contribution in [1.82, 2.24) is 4.98 Å². The van der Waals surface area contributed by atoms with Crippen LogP contribution in [0.4, 0.5) is 11.4 Å². The normalized spacial score (nSPS) is 22.0. The number of pyridine rings is 1. The minimum Gasteiger partial charge on any atom is -0.494 e. The largest absolute Gasteiger partial charge is 0.494 e. The average molecular weight is 444 g/mol. The Bertz CT molecular complexity index is 1120. The van der Waals surface area contributed by atoms with Gasteiger partial charge >= 0.3 is 0 Å². The molecule has 0 spiro atoms. The van der Waals surface area contributed by atoms with Crippen LogP contribution in [0.5, 0.6) is 5.75 Å². The van der Waals surface area contributed by atoms with Crippen molar-refractivity contribution in [2.75, 3.05) is 16.6 Å². The topological polar surface area (TPSA) is 72.0 Å². The van der Waals surface area contributed by atoms with E-state index in [1.54, 1.807) is 41.7 Å². The van der Waals surface area contributed by atoms with Crippen molar-refractivity contribution in [2.24, 2.45) is 5.92 Å². The van der Waals surface area contributed by atoms with E-state index in [2.05, 4.69) is 11.9 Å². The standard InChI is InChI=1S/C26H25N3O4/c1-2-3-17-32-21-11-9-19(10-12-21)28-25(30)22-23(18-13-15-27-16-14-18)29(33-24(22)26(28)31)20-7-5-4-6-8-20/h4-16,22-24H,2-3,17H2,1H3/t22-,23+,24+/m0/s1. The lowest BCUT2D eigenvalue weighted by atomic mass is 9.91. The van der Waals surface area contributed by atoms with Crippen LogP contribution in [0.1, 0.15) is 31.4 Å². The van der Waals surface area contributed by atoms with E-state index < -0.39 is 18.1 Å². The Kier molecular flexibility index (Phi) is 5.79. The van der Waals surface area contributed by atoms with Crippen LogP contribution in [-0.2, 0) is 14.4 Å². The minimum atomic E-state index is -0.892. The number of unbranched alkanes of at least 4 members (excludes halogenated alkanes) is 1. The summed E-state index contributed by atoms with van der Waals surface area (Å²) in [6.07, 6.45) is 4.50. The molecule has 2 fully saturated rings. The van der Waals surface area contributed by atoms with Gasteiger partial charge in [-0.25, -0.2) is 9.96 Å². The molecular formula is C26H25N3O4. The summed E-state index contributed by atoms with van der Waals surface area (Å²) < 4.78 is 5.70. The highest BCUT2D eigenvalue weighted by Gasteiger charge is 2.60. The van der Waals surface area contributed by atoms with Crippen LogP contribution < -0.4 is 14.7 Å². The molecule has 2 saturated heterocycles. The van der Waals surface area contributed by atoms with Gasteiger partial charge in [0, 0.05) is 12.4 Å². The van der Waals surface area contributed by atoms with E-state index >= 15 is 0 Å².